The second kappa shape index (κ2) is 9.12. The third-order valence-corrected chi connectivity index (χ3v) is 3.81. The van der Waals surface area contributed by atoms with E-state index in [4.69, 9.17) is 4.74 Å². The summed E-state index contributed by atoms with van der Waals surface area (Å²) in [5.74, 6) is 1.38. The molecule has 0 saturated carbocycles. The molecule has 1 aromatic rings. The van der Waals surface area contributed by atoms with Crippen LogP contribution in [0.15, 0.2) is 29.3 Å². The number of amides is 1. The summed E-state index contributed by atoms with van der Waals surface area (Å²) in [5, 5.41) is 15.7. The predicted molar refractivity (Wildman–Crippen MR) is 93.5 cm³/mol. The Bertz CT molecular complexity index is 559. The zero-order valence-corrected chi connectivity index (χ0v) is 14.3. The maximum atomic E-state index is 12.1. The number of hydrogen-bond acceptors (Lipinski definition) is 4. The molecule has 1 heterocycles. The van der Waals surface area contributed by atoms with Crippen LogP contribution in [0.5, 0.6) is 5.75 Å². The number of likely N-dealkylation sites (tertiary alicyclic amines) is 1. The van der Waals surface area contributed by atoms with E-state index in [1.165, 1.54) is 0 Å². The van der Waals surface area contributed by atoms with Crippen LogP contribution in [0.3, 0.4) is 0 Å². The van der Waals surface area contributed by atoms with Gasteiger partial charge in [-0.15, -0.1) is 0 Å². The summed E-state index contributed by atoms with van der Waals surface area (Å²) < 4.78 is 5.07. The van der Waals surface area contributed by atoms with Crippen LogP contribution in [0.25, 0.3) is 0 Å². The highest BCUT2D eigenvalue weighted by Crippen LogP contribution is 2.11. The lowest BCUT2D eigenvalue weighted by Gasteiger charge is -2.20. The molecule has 1 aromatic carbocycles. The highest BCUT2D eigenvalue weighted by atomic mass is 16.5. The first-order valence-electron chi connectivity index (χ1n) is 8.27. The number of benzene rings is 1. The molecule has 3 N–H and O–H groups in total. The van der Waals surface area contributed by atoms with Crippen molar-refractivity contribution in [2.24, 2.45) is 4.99 Å². The van der Waals surface area contributed by atoms with Crippen LogP contribution in [0.1, 0.15) is 23.7 Å². The minimum absolute atomic E-state index is 0.130. The number of hydrogen-bond donors (Lipinski definition) is 3. The molecular weight excluding hydrogens is 308 g/mol. The first-order valence-corrected chi connectivity index (χ1v) is 8.27. The Kier molecular flexibility index (Phi) is 6.87. The Morgan fingerprint density at radius 3 is 2.71 bits per heavy atom. The summed E-state index contributed by atoms with van der Waals surface area (Å²) >= 11 is 0. The van der Waals surface area contributed by atoms with Crippen molar-refractivity contribution in [3.8, 4) is 5.75 Å². The fourth-order valence-corrected chi connectivity index (χ4v) is 2.54. The van der Waals surface area contributed by atoms with Gasteiger partial charge in [0.2, 0.25) is 0 Å². The number of methoxy groups -OCH3 is 1. The van der Waals surface area contributed by atoms with E-state index in [0.717, 1.165) is 31.2 Å². The molecule has 1 aliphatic heterocycles. The number of ether oxygens (including phenoxy) is 1. The van der Waals surface area contributed by atoms with Gasteiger partial charge in [-0.25, -0.2) is 0 Å². The molecule has 1 atom stereocenters. The second-order valence-corrected chi connectivity index (χ2v) is 5.61. The largest absolute Gasteiger partial charge is 0.497 e. The topological polar surface area (TPSA) is 86.2 Å². The third kappa shape index (κ3) is 5.13. The van der Waals surface area contributed by atoms with Gasteiger partial charge >= 0.3 is 0 Å². The minimum Gasteiger partial charge on any atom is -0.497 e. The number of aliphatic hydroxyl groups excluding tert-OH is 1. The van der Waals surface area contributed by atoms with E-state index >= 15 is 0 Å². The van der Waals surface area contributed by atoms with E-state index in [1.54, 1.807) is 31.4 Å². The van der Waals surface area contributed by atoms with E-state index < -0.39 is 0 Å². The lowest BCUT2D eigenvalue weighted by Crippen LogP contribution is -2.41. The Balaban J connectivity index is 1.81. The van der Waals surface area contributed by atoms with Crippen molar-refractivity contribution in [1.82, 2.24) is 15.5 Å². The summed E-state index contributed by atoms with van der Waals surface area (Å²) in [4.78, 5) is 18.6. The Labute approximate surface area is 142 Å². The molecular formula is C17H26N4O3. The van der Waals surface area contributed by atoms with Crippen LogP contribution in [0.2, 0.25) is 0 Å². The van der Waals surface area contributed by atoms with Gasteiger partial charge in [0.25, 0.3) is 5.91 Å². The molecule has 1 aliphatic rings. The molecule has 132 valence electrons. The van der Waals surface area contributed by atoms with Crippen LogP contribution >= 0.6 is 0 Å². The van der Waals surface area contributed by atoms with E-state index in [9.17, 15) is 9.90 Å². The van der Waals surface area contributed by atoms with Crippen molar-refractivity contribution in [3.63, 3.8) is 0 Å². The average Bonchev–Trinajstić information content (AvgIpc) is 3.03. The number of guanidine groups is 1. The number of carbonyl (C=O) groups is 1. The number of aliphatic hydroxyl groups is 1. The molecule has 0 aromatic heterocycles. The molecule has 0 bridgehead atoms. The first kappa shape index (κ1) is 18.1. The molecule has 24 heavy (non-hydrogen) atoms. The number of rotatable bonds is 6. The van der Waals surface area contributed by atoms with Gasteiger partial charge in [-0.2, -0.15) is 0 Å². The van der Waals surface area contributed by atoms with Crippen LogP contribution < -0.4 is 15.4 Å². The van der Waals surface area contributed by atoms with Crippen LogP contribution in [0.4, 0.5) is 0 Å². The van der Waals surface area contributed by atoms with E-state index in [2.05, 4.69) is 15.6 Å². The number of aliphatic imine (C=N–C) groups is 1. The highest BCUT2D eigenvalue weighted by molar-refractivity contribution is 5.94. The number of β-amino-alcohol motifs (C(OH)–C–C–N with tert-alkyl or cyclic N) is 1. The summed E-state index contributed by atoms with van der Waals surface area (Å²) in [6, 6.07) is 6.98. The van der Waals surface area contributed by atoms with Crippen LogP contribution in [-0.4, -0.2) is 67.8 Å². The van der Waals surface area contributed by atoms with E-state index in [1.807, 2.05) is 11.8 Å². The molecule has 0 spiro atoms. The standard InChI is InChI=1S/C17H26N4O3/c1-3-18-17(21-11-8-14(22)12-21)20-10-9-19-16(23)13-4-6-15(24-2)7-5-13/h4-7,14,22H,3,8-12H2,1-2H3,(H,18,20)(H,19,23)/t14-/m1/s1. The smallest absolute Gasteiger partial charge is 0.251 e. The SMILES string of the molecule is CCNC(=NCCNC(=O)c1ccc(OC)cc1)N1CC[C@@H](O)C1. The molecule has 7 heteroatoms. The minimum atomic E-state index is -0.288. The lowest BCUT2D eigenvalue weighted by atomic mass is 10.2. The van der Waals surface area contributed by atoms with Crippen LogP contribution in [-0.2, 0) is 0 Å². The maximum Gasteiger partial charge on any atom is 0.251 e. The van der Waals surface area contributed by atoms with Crippen molar-refractivity contribution in [2.45, 2.75) is 19.4 Å². The molecule has 7 nitrogen and oxygen atoms in total. The van der Waals surface area contributed by atoms with Gasteiger partial charge in [0.15, 0.2) is 5.96 Å². The van der Waals surface area contributed by atoms with Crippen molar-refractivity contribution >= 4 is 11.9 Å². The molecule has 0 aliphatic carbocycles. The van der Waals surface area contributed by atoms with Gasteiger partial charge in [-0.1, -0.05) is 0 Å². The van der Waals surface area contributed by atoms with E-state index in [-0.39, 0.29) is 12.0 Å². The van der Waals surface area contributed by atoms with Gasteiger partial charge in [0.1, 0.15) is 5.75 Å². The van der Waals surface area contributed by atoms with Crippen molar-refractivity contribution in [1.29, 1.82) is 0 Å². The molecule has 0 radical (unpaired) electrons. The molecule has 1 saturated heterocycles. The Hall–Kier alpha value is -2.28. The summed E-state index contributed by atoms with van der Waals surface area (Å²) in [5.41, 5.74) is 0.592. The maximum absolute atomic E-state index is 12.1. The number of carbonyl (C=O) groups excluding carboxylic acids is 1. The first-order chi connectivity index (χ1) is 11.6. The quantitative estimate of drug-likeness (QED) is 0.400. The van der Waals surface area contributed by atoms with Gasteiger partial charge in [0.05, 0.1) is 19.8 Å². The highest BCUT2D eigenvalue weighted by Gasteiger charge is 2.22. The Morgan fingerprint density at radius 2 is 2.12 bits per heavy atom. The fourth-order valence-electron chi connectivity index (χ4n) is 2.54. The zero-order valence-electron chi connectivity index (χ0n) is 14.3. The van der Waals surface area contributed by atoms with Gasteiger partial charge in [0, 0.05) is 31.7 Å². The lowest BCUT2D eigenvalue weighted by molar-refractivity contribution is 0.0954. The molecule has 1 fully saturated rings. The normalized spacial score (nSPS) is 17.7. The van der Waals surface area contributed by atoms with Crippen LogP contribution in [0, 0.1) is 0 Å². The number of nitrogens with zero attached hydrogens (tertiary/aromatic N) is 2. The van der Waals surface area contributed by atoms with Crippen molar-refractivity contribution in [2.75, 3.05) is 39.8 Å². The summed E-state index contributed by atoms with van der Waals surface area (Å²) in [7, 11) is 1.59. The molecule has 0 unspecified atom stereocenters. The third-order valence-electron chi connectivity index (χ3n) is 3.81. The summed E-state index contributed by atoms with van der Waals surface area (Å²) in [6.07, 6.45) is 0.474. The van der Waals surface area contributed by atoms with Crippen molar-refractivity contribution in [3.05, 3.63) is 29.8 Å². The van der Waals surface area contributed by atoms with Gasteiger partial charge in [-0.05, 0) is 37.6 Å². The van der Waals surface area contributed by atoms with Crippen molar-refractivity contribution < 1.29 is 14.6 Å². The molecule has 1 amide bonds. The van der Waals surface area contributed by atoms with Gasteiger partial charge < -0.3 is 25.4 Å². The van der Waals surface area contributed by atoms with Gasteiger partial charge in [-0.3, -0.25) is 9.79 Å². The predicted octanol–water partition coefficient (Wildman–Crippen LogP) is 0.457. The Morgan fingerprint density at radius 1 is 1.38 bits per heavy atom. The van der Waals surface area contributed by atoms with E-state index in [0.29, 0.717) is 25.2 Å². The average molecular weight is 334 g/mol. The molecule has 2 rings (SSSR count). The fraction of sp³-hybridized carbons (Fsp3) is 0.529. The summed E-state index contributed by atoms with van der Waals surface area (Å²) in [6.45, 7) is 5.11. The second-order valence-electron chi connectivity index (χ2n) is 5.61. The zero-order chi connectivity index (χ0) is 17.4. The number of nitrogens with one attached hydrogen (secondary N) is 2. The monoisotopic (exact) mass is 334 g/mol.